The Hall–Kier alpha value is -3.31. The molecule has 0 unspecified atom stereocenters. The van der Waals surface area contributed by atoms with Crippen molar-refractivity contribution in [1.29, 1.82) is 0 Å². The minimum Gasteiger partial charge on any atom is -0.479 e. The molecule has 0 aliphatic carbocycles. The fourth-order valence-electron chi connectivity index (χ4n) is 4.06. The van der Waals surface area contributed by atoms with Gasteiger partial charge in [-0.3, -0.25) is 9.97 Å². The highest BCUT2D eigenvalue weighted by Crippen LogP contribution is 2.41. The number of para-hydroxylation sites is 1. The first-order chi connectivity index (χ1) is 14.7. The maximum absolute atomic E-state index is 12.4. The van der Waals surface area contributed by atoms with Gasteiger partial charge in [-0.1, -0.05) is 36.4 Å². The average molecular weight is 415 g/mol. The summed E-state index contributed by atoms with van der Waals surface area (Å²) >= 11 is 0. The number of aryl methyl sites for hydroxylation is 2. The molecule has 31 heavy (non-hydrogen) atoms. The van der Waals surface area contributed by atoms with Gasteiger partial charge < -0.3 is 9.84 Å². The zero-order chi connectivity index (χ0) is 22.3. The largest absolute Gasteiger partial charge is 0.479 e. The molecule has 0 aliphatic heterocycles. The molecule has 4 aromatic rings. The van der Waals surface area contributed by atoms with Crippen molar-refractivity contribution in [3.63, 3.8) is 0 Å². The molecule has 0 saturated carbocycles. The molecule has 4 rings (SSSR count). The second-order valence-corrected chi connectivity index (χ2v) is 8.78. The van der Waals surface area contributed by atoms with E-state index in [0.29, 0.717) is 11.3 Å². The van der Waals surface area contributed by atoms with Crippen molar-refractivity contribution in [2.45, 2.75) is 46.3 Å². The van der Waals surface area contributed by atoms with Crippen molar-refractivity contribution in [3.05, 3.63) is 71.5 Å². The molecule has 0 aliphatic rings. The third-order valence-corrected chi connectivity index (χ3v) is 5.34. The van der Waals surface area contributed by atoms with Crippen LogP contribution >= 0.6 is 0 Å². The highest BCUT2D eigenvalue weighted by atomic mass is 16.5. The smallest absolute Gasteiger partial charge is 0.337 e. The van der Waals surface area contributed by atoms with Crippen molar-refractivity contribution in [2.75, 3.05) is 0 Å². The van der Waals surface area contributed by atoms with Gasteiger partial charge in [0.25, 0.3) is 0 Å². The standard InChI is InChI=1S/C26H26N2O3/c1-15-12-13-19(23-17(15)10-8-14-27-23)22-18-9-6-7-11-20(18)28-16(2)21(22)24(25(29)30)31-26(3,4)5/h6-14,24H,1-5H3,(H,29,30)/t24-/m0/s1. The summed E-state index contributed by atoms with van der Waals surface area (Å²) < 4.78 is 6.05. The van der Waals surface area contributed by atoms with E-state index in [9.17, 15) is 9.90 Å². The summed E-state index contributed by atoms with van der Waals surface area (Å²) in [5.74, 6) is -1.04. The van der Waals surface area contributed by atoms with E-state index in [4.69, 9.17) is 9.72 Å². The molecule has 5 heteroatoms. The molecule has 0 saturated heterocycles. The SMILES string of the molecule is Cc1nc2ccccc2c(-c2ccc(C)c3cccnc23)c1[C@H](OC(C)(C)C)C(=O)O. The lowest BCUT2D eigenvalue weighted by molar-refractivity contribution is -0.160. The third kappa shape index (κ3) is 3.89. The fourth-order valence-corrected chi connectivity index (χ4v) is 4.06. The van der Waals surface area contributed by atoms with Gasteiger partial charge in [0.15, 0.2) is 6.10 Å². The van der Waals surface area contributed by atoms with Gasteiger partial charge in [0.2, 0.25) is 0 Å². The minimum atomic E-state index is -1.16. The third-order valence-electron chi connectivity index (χ3n) is 5.34. The monoisotopic (exact) mass is 414 g/mol. The number of aromatic nitrogens is 2. The van der Waals surface area contributed by atoms with E-state index in [2.05, 4.69) is 4.98 Å². The van der Waals surface area contributed by atoms with Crippen molar-refractivity contribution in [2.24, 2.45) is 0 Å². The predicted molar refractivity (Wildman–Crippen MR) is 123 cm³/mol. The second kappa shape index (κ2) is 7.75. The van der Waals surface area contributed by atoms with Crippen LogP contribution in [0.5, 0.6) is 0 Å². The lowest BCUT2D eigenvalue weighted by Gasteiger charge is -2.28. The minimum absolute atomic E-state index is 0.567. The zero-order valence-electron chi connectivity index (χ0n) is 18.4. The van der Waals surface area contributed by atoms with Crippen LogP contribution in [0.4, 0.5) is 0 Å². The quantitative estimate of drug-likeness (QED) is 0.443. The molecule has 0 radical (unpaired) electrons. The maximum atomic E-state index is 12.4. The highest BCUT2D eigenvalue weighted by Gasteiger charge is 2.32. The molecule has 1 atom stereocenters. The van der Waals surface area contributed by atoms with Crippen LogP contribution in [0.1, 0.15) is 43.7 Å². The number of carbonyl (C=O) groups is 1. The molecule has 0 spiro atoms. The molecule has 2 heterocycles. The van der Waals surface area contributed by atoms with Crippen LogP contribution in [0.15, 0.2) is 54.7 Å². The average Bonchev–Trinajstić information content (AvgIpc) is 2.71. The van der Waals surface area contributed by atoms with E-state index in [-0.39, 0.29) is 0 Å². The van der Waals surface area contributed by atoms with Gasteiger partial charge in [0, 0.05) is 39.4 Å². The number of rotatable bonds is 4. The van der Waals surface area contributed by atoms with Crippen LogP contribution in [-0.2, 0) is 9.53 Å². The molecule has 0 amide bonds. The summed E-state index contributed by atoms with van der Waals surface area (Å²) in [5.41, 5.74) is 5.00. The summed E-state index contributed by atoms with van der Waals surface area (Å²) in [6, 6.07) is 15.8. The Morgan fingerprint density at radius 2 is 1.71 bits per heavy atom. The van der Waals surface area contributed by atoms with Crippen molar-refractivity contribution < 1.29 is 14.6 Å². The number of ether oxygens (including phenoxy) is 1. The summed E-state index contributed by atoms with van der Waals surface area (Å²) in [6.45, 7) is 9.46. The number of aliphatic carboxylic acids is 1. The van der Waals surface area contributed by atoms with Gasteiger partial charge in [-0.25, -0.2) is 4.79 Å². The van der Waals surface area contributed by atoms with Crippen LogP contribution in [-0.4, -0.2) is 26.6 Å². The molecule has 1 N–H and O–H groups in total. The number of carboxylic acids is 1. The van der Waals surface area contributed by atoms with Crippen molar-refractivity contribution in [3.8, 4) is 11.1 Å². The number of nitrogens with zero attached hydrogens (tertiary/aromatic N) is 2. The lowest BCUT2D eigenvalue weighted by Crippen LogP contribution is -2.28. The first-order valence-electron chi connectivity index (χ1n) is 10.3. The normalized spacial score (nSPS) is 12.9. The summed E-state index contributed by atoms with van der Waals surface area (Å²) in [4.78, 5) is 21.8. The van der Waals surface area contributed by atoms with Gasteiger partial charge in [-0.2, -0.15) is 0 Å². The number of hydrogen-bond acceptors (Lipinski definition) is 4. The molecule has 2 aromatic heterocycles. The highest BCUT2D eigenvalue weighted by molar-refractivity contribution is 6.06. The van der Waals surface area contributed by atoms with E-state index in [1.165, 1.54) is 0 Å². The fraction of sp³-hybridized carbons (Fsp3) is 0.269. The molecule has 2 aromatic carbocycles. The number of benzene rings is 2. The summed E-state index contributed by atoms with van der Waals surface area (Å²) in [6.07, 6.45) is 0.605. The van der Waals surface area contributed by atoms with Gasteiger partial charge in [0.05, 0.1) is 16.6 Å². The molecule has 5 nitrogen and oxygen atoms in total. The Labute approximate surface area is 181 Å². The number of fused-ring (bicyclic) bond motifs is 2. The van der Waals surface area contributed by atoms with Gasteiger partial charge in [-0.15, -0.1) is 0 Å². The van der Waals surface area contributed by atoms with Crippen LogP contribution in [0, 0.1) is 13.8 Å². The first-order valence-corrected chi connectivity index (χ1v) is 10.3. The van der Waals surface area contributed by atoms with E-state index in [1.807, 2.05) is 83.1 Å². The summed E-state index contributed by atoms with van der Waals surface area (Å²) in [5, 5.41) is 12.1. The Morgan fingerprint density at radius 3 is 2.42 bits per heavy atom. The number of pyridine rings is 2. The molecular weight excluding hydrogens is 388 g/mol. The lowest BCUT2D eigenvalue weighted by atomic mass is 9.89. The topological polar surface area (TPSA) is 72.3 Å². The Morgan fingerprint density at radius 1 is 1.00 bits per heavy atom. The maximum Gasteiger partial charge on any atom is 0.337 e. The second-order valence-electron chi connectivity index (χ2n) is 8.78. The Kier molecular flexibility index (Phi) is 5.23. The number of carboxylic acid groups (broad SMARTS) is 1. The molecule has 0 fully saturated rings. The van der Waals surface area contributed by atoms with Crippen LogP contribution in [0.3, 0.4) is 0 Å². The number of hydrogen-bond donors (Lipinski definition) is 1. The van der Waals surface area contributed by atoms with Gasteiger partial charge in [-0.05, 0) is 52.3 Å². The Balaban J connectivity index is 2.15. The molecule has 0 bridgehead atoms. The molecular formula is C26H26N2O3. The van der Waals surface area contributed by atoms with Gasteiger partial charge in [0.1, 0.15) is 0 Å². The zero-order valence-corrected chi connectivity index (χ0v) is 18.4. The van der Waals surface area contributed by atoms with Crippen LogP contribution < -0.4 is 0 Å². The first kappa shape index (κ1) is 20.9. The van der Waals surface area contributed by atoms with Crippen molar-refractivity contribution in [1.82, 2.24) is 9.97 Å². The predicted octanol–water partition coefficient (Wildman–Crippen LogP) is 6.01. The van der Waals surface area contributed by atoms with Crippen LogP contribution in [0.2, 0.25) is 0 Å². The van der Waals surface area contributed by atoms with E-state index in [1.54, 1.807) is 6.20 Å². The van der Waals surface area contributed by atoms with Crippen LogP contribution in [0.25, 0.3) is 32.9 Å². The van der Waals surface area contributed by atoms with Crippen molar-refractivity contribution >= 4 is 27.8 Å². The molecule has 158 valence electrons. The van der Waals surface area contributed by atoms with E-state index < -0.39 is 17.7 Å². The van der Waals surface area contributed by atoms with E-state index in [0.717, 1.165) is 38.5 Å². The van der Waals surface area contributed by atoms with Gasteiger partial charge >= 0.3 is 5.97 Å². The van der Waals surface area contributed by atoms with E-state index >= 15 is 0 Å². The Bertz CT molecular complexity index is 1310. The summed E-state index contributed by atoms with van der Waals surface area (Å²) in [7, 11) is 0.